The van der Waals surface area contributed by atoms with Gasteiger partial charge in [-0.05, 0) is 25.5 Å². The lowest BCUT2D eigenvalue weighted by Crippen LogP contribution is -1.96. The number of hydrogen-bond donors (Lipinski definition) is 1. The SMILES string of the molecule is CCOc1cc(C)ccc1CO. The zero-order chi connectivity index (χ0) is 8.97. The maximum absolute atomic E-state index is 8.96. The van der Waals surface area contributed by atoms with Crippen LogP contribution < -0.4 is 4.74 Å². The standard InChI is InChI=1S/C10H14O2/c1-3-12-10-6-8(2)4-5-9(10)7-11/h4-6,11H,3,7H2,1-2H3. The number of hydrogen-bond acceptors (Lipinski definition) is 2. The first-order chi connectivity index (χ1) is 5.77. The van der Waals surface area contributed by atoms with E-state index in [2.05, 4.69) is 0 Å². The number of aliphatic hydroxyl groups is 1. The minimum Gasteiger partial charge on any atom is -0.493 e. The summed E-state index contributed by atoms with van der Waals surface area (Å²) in [6.45, 7) is 4.61. The van der Waals surface area contributed by atoms with Crippen molar-refractivity contribution in [2.75, 3.05) is 6.61 Å². The molecule has 0 saturated heterocycles. The third kappa shape index (κ3) is 1.98. The Balaban J connectivity index is 2.95. The summed E-state index contributed by atoms with van der Waals surface area (Å²) in [5, 5.41) is 8.96. The molecule has 0 saturated carbocycles. The lowest BCUT2D eigenvalue weighted by molar-refractivity contribution is 0.267. The van der Waals surface area contributed by atoms with Crippen LogP contribution in [0.5, 0.6) is 5.75 Å². The van der Waals surface area contributed by atoms with Gasteiger partial charge < -0.3 is 9.84 Å². The van der Waals surface area contributed by atoms with Gasteiger partial charge in [-0.2, -0.15) is 0 Å². The highest BCUT2D eigenvalue weighted by atomic mass is 16.5. The first-order valence-corrected chi connectivity index (χ1v) is 4.11. The fraction of sp³-hybridized carbons (Fsp3) is 0.400. The van der Waals surface area contributed by atoms with E-state index < -0.39 is 0 Å². The first kappa shape index (κ1) is 9.07. The van der Waals surface area contributed by atoms with Gasteiger partial charge in [0.15, 0.2) is 0 Å². The van der Waals surface area contributed by atoms with E-state index in [1.165, 1.54) is 0 Å². The van der Waals surface area contributed by atoms with Crippen molar-refractivity contribution in [3.05, 3.63) is 29.3 Å². The molecule has 0 radical (unpaired) electrons. The van der Waals surface area contributed by atoms with E-state index in [9.17, 15) is 0 Å². The minimum absolute atomic E-state index is 0.0373. The highest BCUT2D eigenvalue weighted by molar-refractivity contribution is 5.36. The average Bonchev–Trinajstić information content (AvgIpc) is 2.05. The molecule has 1 N–H and O–H groups in total. The molecule has 0 atom stereocenters. The number of rotatable bonds is 3. The molecule has 0 aliphatic heterocycles. The van der Waals surface area contributed by atoms with Gasteiger partial charge in [0.25, 0.3) is 0 Å². The molecule has 0 fully saturated rings. The summed E-state index contributed by atoms with van der Waals surface area (Å²) in [6.07, 6.45) is 0. The van der Waals surface area contributed by atoms with Crippen molar-refractivity contribution in [3.63, 3.8) is 0 Å². The van der Waals surface area contributed by atoms with Crippen LogP contribution in [0.4, 0.5) is 0 Å². The van der Waals surface area contributed by atoms with Crippen LogP contribution in [-0.2, 0) is 6.61 Å². The lowest BCUT2D eigenvalue weighted by atomic mass is 10.1. The van der Waals surface area contributed by atoms with Gasteiger partial charge in [0.05, 0.1) is 13.2 Å². The minimum atomic E-state index is 0.0373. The van der Waals surface area contributed by atoms with Crippen LogP contribution in [0.3, 0.4) is 0 Å². The van der Waals surface area contributed by atoms with Gasteiger partial charge in [-0.15, -0.1) is 0 Å². The number of benzene rings is 1. The van der Waals surface area contributed by atoms with Gasteiger partial charge in [-0.3, -0.25) is 0 Å². The first-order valence-electron chi connectivity index (χ1n) is 4.11. The monoisotopic (exact) mass is 166 g/mol. The lowest BCUT2D eigenvalue weighted by Gasteiger charge is -2.08. The van der Waals surface area contributed by atoms with Crippen LogP contribution >= 0.6 is 0 Å². The largest absolute Gasteiger partial charge is 0.493 e. The normalized spacial score (nSPS) is 9.92. The molecule has 0 spiro atoms. The van der Waals surface area contributed by atoms with Crippen LogP contribution in [-0.4, -0.2) is 11.7 Å². The van der Waals surface area contributed by atoms with Crippen molar-refractivity contribution in [2.45, 2.75) is 20.5 Å². The Hall–Kier alpha value is -1.02. The second-order valence-corrected chi connectivity index (χ2v) is 2.70. The maximum Gasteiger partial charge on any atom is 0.125 e. The molecule has 12 heavy (non-hydrogen) atoms. The Morgan fingerprint density at radius 1 is 1.42 bits per heavy atom. The maximum atomic E-state index is 8.96. The second-order valence-electron chi connectivity index (χ2n) is 2.70. The van der Waals surface area contributed by atoms with Gasteiger partial charge in [0.2, 0.25) is 0 Å². The highest BCUT2D eigenvalue weighted by Crippen LogP contribution is 2.19. The molecule has 0 aliphatic carbocycles. The van der Waals surface area contributed by atoms with E-state index in [1.807, 2.05) is 32.0 Å². The van der Waals surface area contributed by atoms with Crippen molar-refractivity contribution >= 4 is 0 Å². The molecule has 1 rings (SSSR count). The van der Waals surface area contributed by atoms with E-state index in [1.54, 1.807) is 0 Å². The van der Waals surface area contributed by atoms with Crippen LogP contribution in [0.25, 0.3) is 0 Å². The van der Waals surface area contributed by atoms with E-state index in [4.69, 9.17) is 9.84 Å². The Bertz CT molecular complexity index is 256. The summed E-state index contributed by atoms with van der Waals surface area (Å²) in [4.78, 5) is 0. The number of aliphatic hydroxyl groups excluding tert-OH is 1. The van der Waals surface area contributed by atoms with Crippen LogP contribution in [0.15, 0.2) is 18.2 Å². The Labute approximate surface area is 72.8 Å². The summed E-state index contributed by atoms with van der Waals surface area (Å²) in [7, 11) is 0. The van der Waals surface area contributed by atoms with E-state index in [-0.39, 0.29) is 6.61 Å². The summed E-state index contributed by atoms with van der Waals surface area (Å²) in [5.41, 5.74) is 2.00. The third-order valence-corrected chi connectivity index (χ3v) is 1.69. The van der Waals surface area contributed by atoms with Crippen LogP contribution in [0.1, 0.15) is 18.1 Å². The summed E-state index contributed by atoms with van der Waals surface area (Å²) >= 11 is 0. The molecule has 0 amide bonds. The van der Waals surface area contributed by atoms with Gasteiger partial charge in [-0.1, -0.05) is 12.1 Å². The predicted molar refractivity (Wildman–Crippen MR) is 48.3 cm³/mol. The average molecular weight is 166 g/mol. The van der Waals surface area contributed by atoms with Gasteiger partial charge in [0, 0.05) is 5.56 Å². The van der Waals surface area contributed by atoms with Crippen molar-refractivity contribution < 1.29 is 9.84 Å². The zero-order valence-corrected chi connectivity index (χ0v) is 7.50. The molecule has 0 aromatic heterocycles. The van der Waals surface area contributed by atoms with Gasteiger partial charge >= 0.3 is 0 Å². The Kier molecular flexibility index (Phi) is 3.11. The third-order valence-electron chi connectivity index (χ3n) is 1.69. The molecule has 0 bridgehead atoms. The van der Waals surface area contributed by atoms with Gasteiger partial charge in [-0.25, -0.2) is 0 Å². The fourth-order valence-corrected chi connectivity index (χ4v) is 1.08. The Morgan fingerprint density at radius 3 is 2.75 bits per heavy atom. The van der Waals surface area contributed by atoms with Crippen molar-refractivity contribution in [3.8, 4) is 5.75 Å². The zero-order valence-electron chi connectivity index (χ0n) is 7.50. The molecular weight excluding hydrogens is 152 g/mol. The van der Waals surface area contributed by atoms with Crippen LogP contribution in [0.2, 0.25) is 0 Å². The van der Waals surface area contributed by atoms with E-state index in [0.29, 0.717) is 6.61 Å². The number of ether oxygens (including phenoxy) is 1. The number of aryl methyl sites for hydroxylation is 1. The molecule has 0 heterocycles. The van der Waals surface area contributed by atoms with E-state index >= 15 is 0 Å². The molecule has 0 unspecified atom stereocenters. The molecule has 2 heteroatoms. The molecule has 0 aliphatic rings. The van der Waals surface area contributed by atoms with Crippen molar-refractivity contribution in [1.29, 1.82) is 0 Å². The molecular formula is C10H14O2. The molecule has 1 aromatic rings. The van der Waals surface area contributed by atoms with Crippen LogP contribution in [0, 0.1) is 6.92 Å². The molecule has 66 valence electrons. The topological polar surface area (TPSA) is 29.5 Å². The quantitative estimate of drug-likeness (QED) is 0.743. The van der Waals surface area contributed by atoms with Crippen molar-refractivity contribution in [2.24, 2.45) is 0 Å². The van der Waals surface area contributed by atoms with Crippen molar-refractivity contribution in [1.82, 2.24) is 0 Å². The second kappa shape index (κ2) is 4.12. The fourth-order valence-electron chi connectivity index (χ4n) is 1.08. The molecule has 1 aromatic carbocycles. The summed E-state index contributed by atoms with van der Waals surface area (Å²) in [6, 6.07) is 5.80. The summed E-state index contributed by atoms with van der Waals surface area (Å²) < 4.78 is 5.35. The predicted octanol–water partition coefficient (Wildman–Crippen LogP) is 1.89. The van der Waals surface area contributed by atoms with E-state index in [0.717, 1.165) is 16.9 Å². The Morgan fingerprint density at radius 2 is 2.17 bits per heavy atom. The smallest absolute Gasteiger partial charge is 0.125 e. The molecule has 2 nitrogen and oxygen atoms in total. The van der Waals surface area contributed by atoms with Gasteiger partial charge in [0.1, 0.15) is 5.75 Å². The highest BCUT2D eigenvalue weighted by Gasteiger charge is 2.00. The summed E-state index contributed by atoms with van der Waals surface area (Å²) in [5.74, 6) is 0.792.